The van der Waals surface area contributed by atoms with Gasteiger partial charge in [0.1, 0.15) is 23.0 Å². The first kappa shape index (κ1) is 42.1. The zero-order valence-electron chi connectivity index (χ0n) is 41.9. The Morgan fingerprint density at radius 3 is 1.22 bits per heavy atom. The van der Waals surface area contributed by atoms with Crippen LogP contribution in [0, 0.1) is 6.92 Å². The Bertz CT molecular complexity index is 4030. The molecule has 342 valence electrons. The summed E-state index contributed by atoms with van der Waals surface area (Å²) in [5, 5.41) is 13.7. The van der Waals surface area contributed by atoms with Crippen molar-refractivity contribution in [2.45, 2.75) is 59.3 Å². The van der Waals surface area contributed by atoms with Gasteiger partial charge in [-0.05, 0) is 156 Å². The van der Waals surface area contributed by atoms with Gasteiger partial charge in [0, 0.05) is 0 Å². The molecular formula is C67H52B2O2Si. The Labute approximate surface area is 423 Å². The van der Waals surface area contributed by atoms with E-state index < -0.39 is 8.07 Å². The minimum Gasteiger partial charge on any atom is -0.458 e. The first-order valence-corrected chi connectivity index (χ1v) is 27.8. The zero-order valence-corrected chi connectivity index (χ0v) is 42.9. The van der Waals surface area contributed by atoms with E-state index in [9.17, 15) is 0 Å². The molecule has 0 N–H and O–H groups in total. The van der Waals surface area contributed by atoms with Gasteiger partial charge < -0.3 is 9.47 Å². The standard InChI is InChI=1S/C67H52B2O2Si/c1-39-31-46-48-32-40(66(2,3)4)34-57-64(48)69(52-28-18-20-30-56(52)70-57)54-37-50-59(72(42-21-11-8-12-22-42,43-23-13-9-14-24-43)44-25-15-10-16-26-44)38-47-49-33-41(67(5,6)7)35-58-65(49)68(51-27-17-19-29-55(51)71-58)53-36-45(39)62(60(46)54)63(50)61(47)53/h8-38H,1-7H3. The average Bonchev–Trinajstić information content (AvgIpc) is 3.39. The molecule has 11 aromatic rings. The summed E-state index contributed by atoms with van der Waals surface area (Å²) >= 11 is 0. The van der Waals surface area contributed by atoms with E-state index in [1.165, 1.54) is 125 Å². The highest BCUT2D eigenvalue weighted by Gasteiger charge is 2.48. The van der Waals surface area contributed by atoms with Gasteiger partial charge in [0.05, 0.1) is 0 Å². The van der Waals surface area contributed by atoms with Crippen LogP contribution in [0.2, 0.25) is 0 Å². The van der Waals surface area contributed by atoms with Gasteiger partial charge in [0.15, 0.2) is 8.07 Å². The third-order valence-electron chi connectivity index (χ3n) is 17.1. The summed E-state index contributed by atoms with van der Waals surface area (Å²) < 4.78 is 14.2. The molecule has 4 heterocycles. The number of ether oxygens (including phenoxy) is 2. The van der Waals surface area contributed by atoms with Crippen LogP contribution in [0.5, 0.6) is 23.0 Å². The van der Waals surface area contributed by atoms with Crippen molar-refractivity contribution in [3.05, 3.63) is 205 Å². The third kappa shape index (κ3) is 5.52. The molecule has 0 radical (unpaired) electrons. The number of aryl methyl sites for hydroxylation is 1. The van der Waals surface area contributed by atoms with Crippen molar-refractivity contribution in [2.24, 2.45) is 0 Å². The summed E-state index contributed by atoms with van der Waals surface area (Å²) in [7, 11) is -3.19. The molecule has 11 aromatic carbocycles. The fourth-order valence-electron chi connectivity index (χ4n) is 13.8. The molecule has 0 spiro atoms. The molecule has 72 heavy (non-hydrogen) atoms. The average molecular weight is 939 g/mol. The highest BCUT2D eigenvalue weighted by molar-refractivity contribution is 7.21. The van der Waals surface area contributed by atoms with Crippen LogP contribution in [-0.4, -0.2) is 21.5 Å². The monoisotopic (exact) mass is 938 g/mol. The van der Waals surface area contributed by atoms with Crippen molar-refractivity contribution in [3.63, 3.8) is 0 Å². The number of hydrogen-bond acceptors (Lipinski definition) is 2. The Morgan fingerprint density at radius 2 is 0.764 bits per heavy atom. The van der Waals surface area contributed by atoms with Gasteiger partial charge in [0.25, 0.3) is 13.4 Å². The Kier molecular flexibility index (Phi) is 8.49. The third-order valence-corrected chi connectivity index (χ3v) is 21.9. The molecule has 0 aromatic heterocycles. The Morgan fingerprint density at radius 1 is 0.361 bits per heavy atom. The highest BCUT2D eigenvalue weighted by atomic mass is 28.3. The van der Waals surface area contributed by atoms with Gasteiger partial charge >= 0.3 is 0 Å². The molecule has 0 saturated carbocycles. The Balaban J connectivity index is 1.22. The van der Waals surface area contributed by atoms with Gasteiger partial charge in [-0.1, -0.05) is 216 Å². The SMILES string of the molecule is Cc1cc2c3c(cc4c([Si](c5ccccc5)(c5ccccc5)c5ccccc5)cc5c6c(cc1c3c46)B1c3ccccc3Oc3cc(C(C)(C)C)cc-5c31)B1c3ccccc3Oc3cc(C(C)(C)C)cc-2c31. The molecule has 4 aliphatic heterocycles. The van der Waals surface area contributed by atoms with Crippen molar-refractivity contribution in [2.75, 3.05) is 0 Å². The fourth-order valence-corrected chi connectivity index (χ4v) is 18.8. The van der Waals surface area contributed by atoms with E-state index in [4.69, 9.17) is 9.47 Å². The predicted octanol–water partition coefficient (Wildman–Crippen LogP) is 10.1. The summed E-state index contributed by atoms with van der Waals surface area (Å²) in [5.41, 5.74) is 16.6. The van der Waals surface area contributed by atoms with Crippen LogP contribution in [-0.2, 0) is 10.8 Å². The molecule has 4 aliphatic rings. The van der Waals surface area contributed by atoms with Crippen molar-refractivity contribution in [1.82, 2.24) is 0 Å². The maximum atomic E-state index is 7.12. The van der Waals surface area contributed by atoms with Crippen molar-refractivity contribution in [1.29, 1.82) is 0 Å². The van der Waals surface area contributed by atoms with Crippen LogP contribution in [0.4, 0.5) is 0 Å². The molecule has 2 nitrogen and oxygen atoms in total. The topological polar surface area (TPSA) is 18.5 Å². The fraction of sp³-hybridized carbons (Fsp3) is 0.134. The highest BCUT2D eigenvalue weighted by Crippen LogP contribution is 2.48. The maximum Gasteiger partial charge on any atom is 0.252 e. The van der Waals surface area contributed by atoms with E-state index in [0.717, 1.165) is 23.0 Å². The van der Waals surface area contributed by atoms with E-state index in [2.05, 4.69) is 237 Å². The molecule has 0 unspecified atom stereocenters. The zero-order chi connectivity index (χ0) is 48.6. The molecular weight excluding hydrogens is 886 g/mol. The molecule has 0 aliphatic carbocycles. The predicted molar refractivity (Wildman–Crippen MR) is 309 cm³/mol. The molecule has 0 atom stereocenters. The van der Waals surface area contributed by atoms with Crippen LogP contribution in [0.1, 0.15) is 58.2 Å². The van der Waals surface area contributed by atoms with Gasteiger partial charge in [-0.15, -0.1) is 0 Å². The summed E-state index contributed by atoms with van der Waals surface area (Å²) in [5.74, 6) is 3.84. The molecule has 0 amide bonds. The second kappa shape index (κ2) is 14.5. The van der Waals surface area contributed by atoms with Gasteiger partial charge in [0.2, 0.25) is 0 Å². The van der Waals surface area contributed by atoms with Gasteiger partial charge in [-0.2, -0.15) is 0 Å². The number of para-hydroxylation sites is 2. The van der Waals surface area contributed by atoms with Gasteiger partial charge in [-0.25, -0.2) is 0 Å². The van der Waals surface area contributed by atoms with Crippen molar-refractivity contribution >= 4 is 107 Å². The van der Waals surface area contributed by atoms with Crippen LogP contribution in [0.3, 0.4) is 0 Å². The second-order valence-corrected chi connectivity index (χ2v) is 26.9. The number of rotatable bonds is 4. The summed E-state index contributed by atoms with van der Waals surface area (Å²) in [6, 6.07) is 72.5. The first-order chi connectivity index (χ1) is 34.9. The number of hydrogen-bond donors (Lipinski definition) is 0. The maximum absolute atomic E-state index is 7.12. The van der Waals surface area contributed by atoms with E-state index >= 15 is 0 Å². The van der Waals surface area contributed by atoms with E-state index in [1.807, 2.05) is 0 Å². The summed E-state index contributed by atoms with van der Waals surface area (Å²) in [6.07, 6.45) is 0. The number of fused-ring (bicyclic) bond motifs is 8. The largest absolute Gasteiger partial charge is 0.458 e. The smallest absolute Gasteiger partial charge is 0.252 e. The number of benzene rings is 11. The van der Waals surface area contributed by atoms with Crippen molar-refractivity contribution < 1.29 is 9.47 Å². The van der Waals surface area contributed by atoms with Crippen LogP contribution in [0.15, 0.2) is 188 Å². The van der Waals surface area contributed by atoms with Gasteiger partial charge in [-0.3, -0.25) is 0 Å². The van der Waals surface area contributed by atoms with Crippen LogP contribution >= 0.6 is 0 Å². The lowest BCUT2D eigenvalue weighted by atomic mass is 9.32. The summed E-state index contributed by atoms with van der Waals surface area (Å²) in [6.45, 7) is 16.3. The normalized spacial score (nSPS) is 13.9. The lowest BCUT2D eigenvalue weighted by molar-refractivity contribution is 0.483. The van der Waals surface area contributed by atoms with E-state index in [0.29, 0.717) is 0 Å². The second-order valence-electron chi connectivity index (χ2n) is 23.1. The molecule has 15 rings (SSSR count). The lowest BCUT2D eigenvalue weighted by Crippen LogP contribution is -2.75. The minimum atomic E-state index is -3.19. The first-order valence-electron chi connectivity index (χ1n) is 25.8. The lowest BCUT2D eigenvalue weighted by Gasteiger charge is -2.40. The van der Waals surface area contributed by atoms with Crippen LogP contribution < -0.4 is 63.0 Å². The quantitative estimate of drug-likeness (QED) is 0.0995. The van der Waals surface area contributed by atoms with Crippen molar-refractivity contribution in [3.8, 4) is 45.3 Å². The molecule has 0 bridgehead atoms. The minimum absolute atomic E-state index is 0.00949. The molecule has 0 saturated heterocycles. The molecule has 0 fully saturated rings. The van der Waals surface area contributed by atoms with E-state index in [-0.39, 0.29) is 24.3 Å². The van der Waals surface area contributed by atoms with Crippen LogP contribution in [0.25, 0.3) is 54.6 Å². The van der Waals surface area contributed by atoms with E-state index in [1.54, 1.807) is 0 Å². The summed E-state index contributed by atoms with van der Waals surface area (Å²) in [4.78, 5) is 0. The Hall–Kier alpha value is -7.59. The molecule has 5 heteroatoms.